The van der Waals surface area contributed by atoms with Gasteiger partial charge in [-0.15, -0.1) is 0 Å². The first-order chi connectivity index (χ1) is 9.53. The van der Waals surface area contributed by atoms with E-state index in [-0.39, 0.29) is 18.6 Å². The molecule has 3 rings (SSSR count). The van der Waals surface area contributed by atoms with E-state index in [0.29, 0.717) is 12.8 Å². The van der Waals surface area contributed by atoms with Crippen LogP contribution in [0.3, 0.4) is 0 Å². The van der Waals surface area contributed by atoms with E-state index in [1.54, 1.807) is 4.90 Å². The molecule has 106 valence electrons. The second kappa shape index (κ2) is 4.51. The summed E-state index contributed by atoms with van der Waals surface area (Å²) in [4.78, 5) is 25.2. The van der Waals surface area contributed by atoms with E-state index in [1.807, 2.05) is 31.2 Å². The van der Waals surface area contributed by atoms with Gasteiger partial charge in [0.15, 0.2) is 0 Å². The standard InChI is InChI=1S/C15H18N2O3/c1-10-8-11-4-2-3-5-12(11)17(10)14(20)16-9-15(6-7-15)13(18)19/h2-5,10H,6-9H2,1H3,(H,16,20)(H,18,19). The smallest absolute Gasteiger partial charge is 0.322 e. The third-order valence-corrected chi connectivity index (χ3v) is 4.31. The number of benzene rings is 1. The van der Waals surface area contributed by atoms with E-state index in [4.69, 9.17) is 5.11 Å². The molecule has 1 aromatic carbocycles. The maximum Gasteiger partial charge on any atom is 0.322 e. The molecule has 2 N–H and O–H groups in total. The van der Waals surface area contributed by atoms with Crippen molar-refractivity contribution >= 4 is 17.7 Å². The maximum absolute atomic E-state index is 12.3. The van der Waals surface area contributed by atoms with Crippen LogP contribution in [0, 0.1) is 5.41 Å². The highest BCUT2D eigenvalue weighted by Crippen LogP contribution is 2.45. The van der Waals surface area contributed by atoms with Gasteiger partial charge >= 0.3 is 12.0 Å². The van der Waals surface area contributed by atoms with Crippen molar-refractivity contribution < 1.29 is 14.7 Å². The molecule has 1 atom stereocenters. The van der Waals surface area contributed by atoms with Gasteiger partial charge in [0, 0.05) is 18.3 Å². The van der Waals surface area contributed by atoms with Gasteiger partial charge in [0.25, 0.3) is 0 Å². The minimum atomic E-state index is -0.812. The summed E-state index contributed by atoms with van der Waals surface area (Å²) in [5.74, 6) is -0.812. The van der Waals surface area contributed by atoms with Crippen molar-refractivity contribution in [2.24, 2.45) is 5.41 Å². The number of fused-ring (bicyclic) bond motifs is 1. The van der Waals surface area contributed by atoms with E-state index in [9.17, 15) is 9.59 Å². The summed E-state index contributed by atoms with van der Waals surface area (Å²) in [6.07, 6.45) is 2.14. The number of nitrogens with one attached hydrogen (secondary N) is 1. The Balaban J connectivity index is 1.70. The molecule has 20 heavy (non-hydrogen) atoms. The largest absolute Gasteiger partial charge is 0.481 e. The lowest BCUT2D eigenvalue weighted by molar-refractivity contribution is -0.143. The number of carboxylic acids is 1. The molecule has 5 nitrogen and oxygen atoms in total. The van der Waals surface area contributed by atoms with Gasteiger partial charge in [0.2, 0.25) is 0 Å². The molecule has 2 aliphatic rings. The number of carboxylic acid groups (broad SMARTS) is 1. The van der Waals surface area contributed by atoms with Crippen molar-refractivity contribution in [3.8, 4) is 0 Å². The van der Waals surface area contributed by atoms with Gasteiger partial charge in [-0.2, -0.15) is 0 Å². The van der Waals surface area contributed by atoms with Crippen molar-refractivity contribution in [3.05, 3.63) is 29.8 Å². The van der Waals surface area contributed by atoms with Crippen molar-refractivity contribution in [2.75, 3.05) is 11.4 Å². The first-order valence-electron chi connectivity index (χ1n) is 6.92. The molecule has 1 aliphatic carbocycles. The van der Waals surface area contributed by atoms with Crippen LogP contribution in [0.5, 0.6) is 0 Å². The van der Waals surface area contributed by atoms with Crippen molar-refractivity contribution in [1.82, 2.24) is 5.32 Å². The van der Waals surface area contributed by atoms with Crippen LogP contribution < -0.4 is 10.2 Å². The second-order valence-electron chi connectivity index (χ2n) is 5.80. The molecular weight excluding hydrogens is 256 g/mol. The quantitative estimate of drug-likeness (QED) is 0.885. The average molecular weight is 274 g/mol. The Morgan fingerprint density at radius 2 is 2.10 bits per heavy atom. The third kappa shape index (κ3) is 2.03. The van der Waals surface area contributed by atoms with E-state index < -0.39 is 11.4 Å². The number of hydrogen-bond acceptors (Lipinski definition) is 2. The number of para-hydroxylation sites is 1. The molecule has 1 aliphatic heterocycles. The number of amides is 2. The van der Waals surface area contributed by atoms with Crippen molar-refractivity contribution in [3.63, 3.8) is 0 Å². The fourth-order valence-corrected chi connectivity index (χ4v) is 2.82. The zero-order valence-corrected chi connectivity index (χ0v) is 11.4. The topological polar surface area (TPSA) is 69.6 Å². The van der Waals surface area contributed by atoms with Gasteiger partial charge < -0.3 is 10.4 Å². The van der Waals surface area contributed by atoms with Gasteiger partial charge in [0.05, 0.1) is 5.41 Å². The minimum absolute atomic E-state index is 0.104. The molecule has 0 spiro atoms. The third-order valence-electron chi connectivity index (χ3n) is 4.31. The zero-order chi connectivity index (χ0) is 14.3. The highest BCUT2D eigenvalue weighted by Gasteiger charge is 2.50. The monoisotopic (exact) mass is 274 g/mol. The van der Waals surface area contributed by atoms with Crippen LogP contribution in [0.1, 0.15) is 25.3 Å². The van der Waals surface area contributed by atoms with Crippen LogP contribution in [-0.2, 0) is 11.2 Å². The second-order valence-corrected chi connectivity index (χ2v) is 5.80. The lowest BCUT2D eigenvalue weighted by Crippen LogP contribution is -2.46. The van der Waals surface area contributed by atoms with Crippen LogP contribution in [-0.4, -0.2) is 29.7 Å². The Kier molecular flexibility index (Phi) is 2.92. The van der Waals surface area contributed by atoms with Gasteiger partial charge in [-0.05, 0) is 37.8 Å². The molecule has 1 saturated carbocycles. The maximum atomic E-state index is 12.3. The minimum Gasteiger partial charge on any atom is -0.481 e. The first-order valence-corrected chi connectivity index (χ1v) is 6.92. The molecule has 1 fully saturated rings. The molecule has 1 aromatic rings. The zero-order valence-electron chi connectivity index (χ0n) is 11.4. The molecule has 2 amide bonds. The number of carbonyl (C=O) groups is 2. The van der Waals surface area contributed by atoms with E-state index in [0.717, 1.165) is 17.7 Å². The first kappa shape index (κ1) is 13.0. The summed E-state index contributed by atoms with van der Waals surface area (Å²) in [7, 11) is 0. The number of nitrogens with zero attached hydrogens (tertiary/aromatic N) is 1. The van der Waals surface area contributed by atoms with Crippen molar-refractivity contribution in [2.45, 2.75) is 32.2 Å². The highest BCUT2D eigenvalue weighted by atomic mass is 16.4. The number of carbonyl (C=O) groups excluding carboxylic acids is 1. The Hall–Kier alpha value is -2.04. The van der Waals surface area contributed by atoms with E-state index in [1.165, 1.54) is 0 Å². The molecule has 0 aromatic heterocycles. The summed E-state index contributed by atoms with van der Waals surface area (Å²) in [5.41, 5.74) is 1.37. The molecule has 5 heteroatoms. The molecule has 0 radical (unpaired) electrons. The number of hydrogen-bond donors (Lipinski definition) is 2. The number of aliphatic carboxylic acids is 1. The molecule has 0 bridgehead atoms. The normalized spacial score (nSPS) is 22.2. The Labute approximate surface area is 117 Å². The lowest BCUT2D eigenvalue weighted by Gasteiger charge is -2.24. The van der Waals surface area contributed by atoms with Gasteiger partial charge in [-0.1, -0.05) is 18.2 Å². The SMILES string of the molecule is CC1Cc2ccccc2N1C(=O)NCC1(C(=O)O)CC1. The van der Waals surface area contributed by atoms with Crippen LogP contribution in [0.25, 0.3) is 0 Å². The predicted molar refractivity (Wildman–Crippen MR) is 74.8 cm³/mol. The van der Waals surface area contributed by atoms with Crippen LogP contribution in [0.4, 0.5) is 10.5 Å². The number of anilines is 1. The van der Waals surface area contributed by atoms with Crippen molar-refractivity contribution in [1.29, 1.82) is 0 Å². The lowest BCUT2D eigenvalue weighted by atomic mass is 10.1. The summed E-state index contributed by atoms with van der Waals surface area (Å²) >= 11 is 0. The Morgan fingerprint density at radius 3 is 2.75 bits per heavy atom. The average Bonchev–Trinajstić information content (AvgIpc) is 3.13. The predicted octanol–water partition coefficient (Wildman–Crippen LogP) is 2.01. The fraction of sp³-hybridized carbons (Fsp3) is 0.467. The summed E-state index contributed by atoms with van der Waals surface area (Å²) in [6.45, 7) is 2.22. The van der Waals surface area contributed by atoms with Crippen LogP contribution in [0.2, 0.25) is 0 Å². The summed E-state index contributed by atoms with van der Waals surface area (Å²) in [6, 6.07) is 7.75. The Morgan fingerprint density at radius 1 is 1.40 bits per heavy atom. The van der Waals surface area contributed by atoms with Gasteiger partial charge in [-0.25, -0.2) is 4.79 Å². The molecule has 1 unspecified atom stereocenters. The molecule has 0 saturated heterocycles. The summed E-state index contributed by atoms with van der Waals surface area (Å²) < 4.78 is 0. The fourth-order valence-electron chi connectivity index (χ4n) is 2.82. The molecular formula is C15H18N2O3. The number of urea groups is 1. The number of rotatable bonds is 3. The molecule has 1 heterocycles. The summed E-state index contributed by atoms with van der Waals surface area (Å²) in [5, 5.41) is 11.9. The van der Waals surface area contributed by atoms with E-state index in [2.05, 4.69) is 5.32 Å². The van der Waals surface area contributed by atoms with Crippen LogP contribution in [0.15, 0.2) is 24.3 Å². The van der Waals surface area contributed by atoms with Crippen LogP contribution >= 0.6 is 0 Å². The van der Waals surface area contributed by atoms with E-state index >= 15 is 0 Å². The van der Waals surface area contributed by atoms with Gasteiger partial charge in [0.1, 0.15) is 0 Å². The van der Waals surface area contributed by atoms with Gasteiger partial charge in [-0.3, -0.25) is 9.69 Å². The highest BCUT2D eigenvalue weighted by molar-refractivity contribution is 5.95. The Bertz CT molecular complexity index is 566.